The first kappa shape index (κ1) is 21.1. The molecule has 7 nitrogen and oxygen atoms in total. The second kappa shape index (κ2) is 10.8. The third-order valence-corrected chi connectivity index (χ3v) is 3.86. The van der Waals surface area contributed by atoms with E-state index in [-0.39, 0.29) is 30.1 Å². The Morgan fingerprint density at radius 1 is 1.22 bits per heavy atom. The SMILES string of the molecule is CCNC(=NCc1cccnc1OC)NCC1COc2ccccc2O1.I. The van der Waals surface area contributed by atoms with Crippen LogP contribution in [-0.4, -0.2) is 43.9 Å². The summed E-state index contributed by atoms with van der Waals surface area (Å²) >= 11 is 0. The van der Waals surface area contributed by atoms with Gasteiger partial charge in [0.25, 0.3) is 0 Å². The fourth-order valence-electron chi connectivity index (χ4n) is 2.61. The molecule has 2 aromatic rings. The molecule has 0 aliphatic carbocycles. The van der Waals surface area contributed by atoms with Crippen LogP contribution in [0.15, 0.2) is 47.6 Å². The van der Waals surface area contributed by atoms with E-state index >= 15 is 0 Å². The normalized spacial score (nSPS) is 15.5. The topological polar surface area (TPSA) is 77.0 Å². The first-order chi connectivity index (χ1) is 12.8. The van der Waals surface area contributed by atoms with Crippen LogP contribution in [0, 0.1) is 0 Å². The Hall–Kier alpha value is -2.23. The van der Waals surface area contributed by atoms with Crippen LogP contribution in [-0.2, 0) is 6.54 Å². The summed E-state index contributed by atoms with van der Waals surface area (Å²) in [5.74, 6) is 2.86. The highest BCUT2D eigenvalue weighted by atomic mass is 127. The Balaban J connectivity index is 0.00000261. The predicted molar refractivity (Wildman–Crippen MR) is 115 cm³/mol. The number of ether oxygens (including phenoxy) is 3. The molecule has 2 N–H and O–H groups in total. The van der Waals surface area contributed by atoms with Gasteiger partial charge >= 0.3 is 0 Å². The van der Waals surface area contributed by atoms with Crippen LogP contribution >= 0.6 is 24.0 Å². The molecule has 0 bridgehead atoms. The van der Waals surface area contributed by atoms with Crippen LogP contribution in [0.2, 0.25) is 0 Å². The summed E-state index contributed by atoms with van der Waals surface area (Å²) in [6, 6.07) is 11.5. The number of benzene rings is 1. The van der Waals surface area contributed by atoms with Crippen LogP contribution in [0.5, 0.6) is 17.4 Å². The molecule has 1 unspecified atom stereocenters. The van der Waals surface area contributed by atoms with E-state index in [4.69, 9.17) is 14.2 Å². The van der Waals surface area contributed by atoms with Crippen molar-refractivity contribution in [1.82, 2.24) is 15.6 Å². The third-order valence-electron chi connectivity index (χ3n) is 3.86. The van der Waals surface area contributed by atoms with Crippen molar-refractivity contribution in [3.05, 3.63) is 48.2 Å². The number of rotatable bonds is 6. The Morgan fingerprint density at radius 3 is 2.81 bits per heavy atom. The van der Waals surface area contributed by atoms with Crippen molar-refractivity contribution in [2.24, 2.45) is 4.99 Å². The summed E-state index contributed by atoms with van der Waals surface area (Å²) in [6.45, 7) is 4.35. The average molecular weight is 484 g/mol. The van der Waals surface area contributed by atoms with Gasteiger partial charge in [-0.05, 0) is 25.1 Å². The second-order valence-electron chi connectivity index (χ2n) is 5.75. The minimum absolute atomic E-state index is 0. The number of methoxy groups -OCH3 is 1. The summed E-state index contributed by atoms with van der Waals surface area (Å²) in [5.41, 5.74) is 0.929. The monoisotopic (exact) mass is 484 g/mol. The molecule has 0 saturated heterocycles. The predicted octanol–water partition coefficient (Wildman–Crippen LogP) is 2.60. The van der Waals surface area contributed by atoms with Gasteiger partial charge in [0.1, 0.15) is 12.7 Å². The van der Waals surface area contributed by atoms with Gasteiger partial charge in [0, 0.05) is 18.3 Å². The zero-order valence-corrected chi connectivity index (χ0v) is 17.8. The molecule has 1 aromatic heterocycles. The molecule has 1 aromatic carbocycles. The van der Waals surface area contributed by atoms with Crippen molar-refractivity contribution in [3.8, 4) is 17.4 Å². The quantitative estimate of drug-likeness (QED) is 0.373. The molecule has 146 valence electrons. The van der Waals surface area contributed by atoms with Gasteiger partial charge < -0.3 is 24.8 Å². The van der Waals surface area contributed by atoms with Crippen LogP contribution < -0.4 is 24.8 Å². The molecule has 8 heteroatoms. The number of aromatic nitrogens is 1. The number of nitrogens with one attached hydrogen (secondary N) is 2. The average Bonchev–Trinajstić information content (AvgIpc) is 2.70. The van der Waals surface area contributed by atoms with Crippen LogP contribution in [0.4, 0.5) is 0 Å². The molecule has 0 spiro atoms. The lowest BCUT2D eigenvalue weighted by atomic mass is 10.2. The first-order valence-corrected chi connectivity index (χ1v) is 8.68. The van der Waals surface area contributed by atoms with Gasteiger partial charge in [-0.15, -0.1) is 24.0 Å². The van der Waals surface area contributed by atoms with E-state index in [0.717, 1.165) is 23.6 Å². The highest BCUT2D eigenvalue weighted by Gasteiger charge is 2.20. The molecule has 0 fully saturated rings. The third kappa shape index (κ3) is 5.88. The molecular weight excluding hydrogens is 459 g/mol. The Kier molecular flexibility index (Phi) is 8.43. The number of guanidine groups is 1. The molecule has 1 atom stereocenters. The van der Waals surface area contributed by atoms with E-state index in [1.54, 1.807) is 13.3 Å². The smallest absolute Gasteiger partial charge is 0.218 e. The number of pyridine rings is 1. The molecule has 0 radical (unpaired) electrons. The Bertz CT molecular complexity index is 757. The number of para-hydroxylation sites is 2. The summed E-state index contributed by atoms with van der Waals surface area (Å²) in [6.07, 6.45) is 1.62. The fraction of sp³-hybridized carbons (Fsp3) is 0.368. The highest BCUT2D eigenvalue weighted by molar-refractivity contribution is 14.0. The summed E-state index contributed by atoms with van der Waals surface area (Å²) in [4.78, 5) is 8.79. The van der Waals surface area contributed by atoms with Crippen LogP contribution in [0.3, 0.4) is 0 Å². The standard InChI is InChI=1S/C19H24N4O3.HI/c1-3-20-19(22-11-14-7-6-10-21-18(14)24-2)23-12-15-13-25-16-8-4-5-9-17(16)26-15;/h4-10,15H,3,11-13H2,1-2H3,(H2,20,22,23);1H. The van der Waals surface area contributed by atoms with Gasteiger partial charge in [-0.25, -0.2) is 9.98 Å². The number of aliphatic imine (C=N–C) groups is 1. The van der Waals surface area contributed by atoms with Crippen molar-refractivity contribution in [2.45, 2.75) is 19.6 Å². The van der Waals surface area contributed by atoms with Gasteiger partial charge in [0.05, 0.1) is 20.2 Å². The molecule has 2 heterocycles. The minimum Gasteiger partial charge on any atom is -0.486 e. The number of halogens is 1. The highest BCUT2D eigenvalue weighted by Crippen LogP contribution is 2.30. The summed E-state index contributed by atoms with van der Waals surface area (Å²) < 4.78 is 17.0. The van der Waals surface area contributed by atoms with E-state index in [0.29, 0.717) is 31.5 Å². The number of fused-ring (bicyclic) bond motifs is 1. The maximum atomic E-state index is 5.96. The minimum atomic E-state index is -0.0818. The van der Waals surface area contributed by atoms with E-state index in [9.17, 15) is 0 Å². The van der Waals surface area contributed by atoms with Gasteiger partial charge in [-0.1, -0.05) is 18.2 Å². The summed E-state index contributed by atoms with van der Waals surface area (Å²) in [7, 11) is 1.61. The zero-order valence-electron chi connectivity index (χ0n) is 15.5. The molecule has 1 aliphatic rings. The lowest BCUT2D eigenvalue weighted by Gasteiger charge is -2.27. The number of hydrogen-bond donors (Lipinski definition) is 2. The largest absolute Gasteiger partial charge is 0.486 e. The van der Waals surface area contributed by atoms with E-state index in [1.807, 2.05) is 43.3 Å². The maximum Gasteiger partial charge on any atom is 0.218 e. The van der Waals surface area contributed by atoms with E-state index < -0.39 is 0 Å². The van der Waals surface area contributed by atoms with Crippen LogP contribution in [0.25, 0.3) is 0 Å². The number of hydrogen-bond acceptors (Lipinski definition) is 5. The Morgan fingerprint density at radius 2 is 2.04 bits per heavy atom. The summed E-state index contributed by atoms with van der Waals surface area (Å²) in [5, 5.41) is 6.53. The van der Waals surface area contributed by atoms with E-state index in [2.05, 4.69) is 20.6 Å². The van der Waals surface area contributed by atoms with Gasteiger partial charge in [-0.3, -0.25) is 0 Å². The zero-order chi connectivity index (χ0) is 18.2. The van der Waals surface area contributed by atoms with Crippen molar-refractivity contribution in [2.75, 3.05) is 26.8 Å². The van der Waals surface area contributed by atoms with Crippen molar-refractivity contribution in [1.29, 1.82) is 0 Å². The van der Waals surface area contributed by atoms with E-state index in [1.165, 1.54) is 0 Å². The van der Waals surface area contributed by atoms with Crippen molar-refractivity contribution < 1.29 is 14.2 Å². The van der Waals surface area contributed by atoms with Crippen molar-refractivity contribution in [3.63, 3.8) is 0 Å². The molecule has 0 amide bonds. The Labute approximate surface area is 176 Å². The molecular formula is C19H25IN4O3. The molecule has 27 heavy (non-hydrogen) atoms. The van der Waals surface area contributed by atoms with Crippen molar-refractivity contribution >= 4 is 29.9 Å². The lowest BCUT2D eigenvalue weighted by Crippen LogP contribution is -2.45. The lowest BCUT2D eigenvalue weighted by molar-refractivity contribution is 0.0936. The second-order valence-corrected chi connectivity index (χ2v) is 5.75. The van der Waals surface area contributed by atoms with Gasteiger partial charge in [0.15, 0.2) is 17.5 Å². The molecule has 3 rings (SSSR count). The number of nitrogens with zero attached hydrogens (tertiary/aromatic N) is 2. The first-order valence-electron chi connectivity index (χ1n) is 8.68. The molecule has 0 saturated carbocycles. The molecule has 1 aliphatic heterocycles. The van der Waals surface area contributed by atoms with Crippen LogP contribution in [0.1, 0.15) is 12.5 Å². The van der Waals surface area contributed by atoms with Gasteiger partial charge in [0.2, 0.25) is 5.88 Å². The fourth-order valence-corrected chi connectivity index (χ4v) is 2.61. The maximum absolute atomic E-state index is 5.96. The van der Waals surface area contributed by atoms with Gasteiger partial charge in [-0.2, -0.15) is 0 Å².